The van der Waals surface area contributed by atoms with Crippen LogP contribution in [0.1, 0.15) is 42.2 Å². The van der Waals surface area contributed by atoms with Crippen LogP contribution in [-0.4, -0.2) is 22.5 Å². The summed E-state index contributed by atoms with van der Waals surface area (Å²) in [6, 6.07) is 18.6. The predicted octanol–water partition coefficient (Wildman–Crippen LogP) is 6.76. The molecule has 0 spiro atoms. The average molecular weight is 466 g/mol. The number of pyridine rings is 1. The maximum Gasteiger partial charge on any atom is 0.260 e. The third-order valence-corrected chi connectivity index (χ3v) is 6.35. The fourth-order valence-electron chi connectivity index (χ4n) is 3.29. The van der Waals surface area contributed by atoms with Gasteiger partial charge in [-0.15, -0.1) is 0 Å². The largest absolute Gasteiger partial charge is 0.494 e. The second kappa shape index (κ2) is 10.6. The van der Waals surface area contributed by atoms with Gasteiger partial charge in [0.05, 0.1) is 28.6 Å². The van der Waals surface area contributed by atoms with Crippen LogP contribution in [0.2, 0.25) is 5.02 Å². The SMILES string of the molecule is CCCCCOc1ccc(C(=O)N(Cc2ccccn2)c2nc3c(Cl)cccc3s2)cc1. The number of aromatic nitrogens is 2. The molecule has 0 unspecified atom stereocenters. The van der Waals surface area contributed by atoms with Crippen LogP contribution >= 0.6 is 22.9 Å². The first-order chi connectivity index (χ1) is 15.7. The summed E-state index contributed by atoms with van der Waals surface area (Å²) >= 11 is 7.76. The summed E-state index contributed by atoms with van der Waals surface area (Å²) < 4.78 is 6.71. The smallest absolute Gasteiger partial charge is 0.260 e. The molecule has 164 valence electrons. The van der Waals surface area contributed by atoms with E-state index in [0.29, 0.717) is 34.4 Å². The van der Waals surface area contributed by atoms with Crippen LogP contribution in [0.3, 0.4) is 0 Å². The fourth-order valence-corrected chi connectivity index (χ4v) is 4.55. The molecule has 0 radical (unpaired) electrons. The Labute approximate surface area is 196 Å². The number of anilines is 1. The first kappa shape index (κ1) is 22.2. The molecule has 0 N–H and O–H groups in total. The molecule has 1 amide bonds. The molecule has 4 rings (SSSR count). The Bertz CT molecular complexity index is 1180. The van der Waals surface area contributed by atoms with Crippen LogP contribution in [0.25, 0.3) is 10.2 Å². The van der Waals surface area contributed by atoms with Crippen molar-refractivity contribution >= 4 is 44.2 Å². The number of hydrogen-bond donors (Lipinski definition) is 0. The molecule has 7 heteroatoms. The van der Waals surface area contributed by atoms with Crippen molar-refractivity contribution in [2.24, 2.45) is 0 Å². The molecule has 32 heavy (non-hydrogen) atoms. The Morgan fingerprint density at radius 1 is 1.06 bits per heavy atom. The molecule has 5 nitrogen and oxygen atoms in total. The molecule has 4 aromatic rings. The van der Waals surface area contributed by atoms with Crippen molar-refractivity contribution in [2.75, 3.05) is 11.5 Å². The summed E-state index contributed by atoms with van der Waals surface area (Å²) in [4.78, 5) is 24.2. The summed E-state index contributed by atoms with van der Waals surface area (Å²) in [6.07, 6.45) is 5.04. The Morgan fingerprint density at radius 2 is 1.91 bits per heavy atom. The summed E-state index contributed by atoms with van der Waals surface area (Å²) in [5.74, 6) is 0.615. The van der Waals surface area contributed by atoms with E-state index in [-0.39, 0.29) is 5.91 Å². The number of rotatable bonds is 9. The second-order valence-corrected chi connectivity index (χ2v) is 8.79. The lowest BCUT2D eigenvalue weighted by Crippen LogP contribution is -2.30. The molecule has 2 aromatic carbocycles. The van der Waals surface area contributed by atoms with Crippen LogP contribution < -0.4 is 9.64 Å². The molecular weight excluding hydrogens is 442 g/mol. The number of para-hydroxylation sites is 1. The minimum Gasteiger partial charge on any atom is -0.494 e. The number of hydrogen-bond acceptors (Lipinski definition) is 5. The minimum atomic E-state index is -0.150. The Hall–Kier alpha value is -2.96. The number of halogens is 1. The zero-order valence-electron chi connectivity index (χ0n) is 17.8. The Balaban J connectivity index is 1.60. The summed E-state index contributed by atoms with van der Waals surface area (Å²) in [5, 5.41) is 1.16. The molecule has 2 aromatic heterocycles. The van der Waals surface area contributed by atoms with Crippen molar-refractivity contribution < 1.29 is 9.53 Å². The van der Waals surface area contributed by atoms with Gasteiger partial charge in [-0.25, -0.2) is 4.98 Å². The number of benzene rings is 2. The molecule has 0 aliphatic carbocycles. The van der Waals surface area contributed by atoms with E-state index in [0.717, 1.165) is 35.4 Å². The van der Waals surface area contributed by atoms with E-state index < -0.39 is 0 Å². The van der Waals surface area contributed by atoms with Crippen LogP contribution in [-0.2, 0) is 6.54 Å². The molecule has 0 atom stereocenters. The van der Waals surface area contributed by atoms with Gasteiger partial charge in [0, 0.05) is 11.8 Å². The second-order valence-electron chi connectivity index (χ2n) is 7.38. The van der Waals surface area contributed by atoms with Gasteiger partial charge >= 0.3 is 0 Å². The molecule has 0 saturated heterocycles. The summed E-state index contributed by atoms with van der Waals surface area (Å²) in [6.45, 7) is 3.16. The lowest BCUT2D eigenvalue weighted by Gasteiger charge is -2.20. The van der Waals surface area contributed by atoms with Crippen molar-refractivity contribution in [2.45, 2.75) is 32.7 Å². The van der Waals surface area contributed by atoms with E-state index in [1.807, 2.05) is 42.5 Å². The van der Waals surface area contributed by atoms with E-state index in [1.165, 1.54) is 11.3 Å². The lowest BCUT2D eigenvalue weighted by atomic mass is 10.2. The quantitative estimate of drug-likeness (QED) is 0.256. The third-order valence-electron chi connectivity index (χ3n) is 5.00. The van der Waals surface area contributed by atoms with Crippen LogP contribution in [0, 0.1) is 0 Å². The van der Waals surface area contributed by atoms with E-state index in [1.54, 1.807) is 29.3 Å². The van der Waals surface area contributed by atoms with Crippen molar-refractivity contribution in [1.29, 1.82) is 0 Å². The number of carbonyl (C=O) groups excluding carboxylic acids is 1. The zero-order chi connectivity index (χ0) is 22.3. The van der Waals surface area contributed by atoms with Crippen LogP contribution in [0.4, 0.5) is 5.13 Å². The number of ether oxygens (including phenoxy) is 1. The maximum atomic E-state index is 13.5. The average Bonchev–Trinajstić information content (AvgIpc) is 3.26. The van der Waals surface area contributed by atoms with Gasteiger partial charge < -0.3 is 4.74 Å². The Kier molecular flexibility index (Phi) is 7.35. The van der Waals surface area contributed by atoms with Gasteiger partial charge in [0.25, 0.3) is 5.91 Å². The Morgan fingerprint density at radius 3 is 2.62 bits per heavy atom. The fraction of sp³-hybridized carbons (Fsp3) is 0.240. The highest BCUT2D eigenvalue weighted by Gasteiger charge is 2.23. The highest BCUT2D eigenvalue weighted by Crippen LogP contribution is 2.34. The zero-order valence-corrected chi connectivity index (χ0v) is 19.4. The van der Waals surface area contributed by atoms with Gasteiger partial charge in [-0.1, -0.05) is 54.8 Å². The summed E-state index contributed by atoms with van der Waals surface area (Å²) in [5.41, 5.74) is 2.04. The van der Waals surface area contributed by atoms with Gasteiger partial charge in [-0.2, -0.15) is 0 Å². The van der Waals surface area contributed by atoms with Crippen molar-refractivity contribution in [1.82, 2.24) is 9.97 Å². The monoisotopic (exact) mass is 465 g/mol. The van der Waals surface area contributed by atoms with Gasteiger partial charge in [0.2, 0.25) is 0 Å². The molecule has 0 aliphatic heterocycles. The van der Waals surface area contributed by atoms with Crippen molar-refractivity contribution in [3.8, 4) is 5.75 Å². The van der Waals surface area contributed by atoms with Gasteiger partial charge in [0.15, 0.2) is 5.13 Å². The molecule has 0 bridgehead atoms. The van der Waals surface area contributed by atoms with Gasteiger partial charge in [-0.05, 0) is 55.0 Å². The third kappa shape index (κ3) is 5.26. The number of carbonyl (C=O) groups is 1. The highest BCUT2D eigenvalue weighted by molar-refractivity contribution is 7.22. The molecule has 0 aliphatic rings. The van der Waals surface area contributed by atoms with Crippen molar-refractivity contribution in [3.05, 3.63) is 83.1 Å². The van der Waals surface area contributed by atoms with Gasteiger partial charge in [-0.3, -0.25) is 14.7 Å². The van der Waals surface area contributed by atoms with E-state index in [2.05, 4.69) is 16.9 Å². The van der Waals surface area contributed by atoms with Gasteiger partial charge in [0.1, 0.15) is 11.3 Å². The van der Waals surface area contributed by atoms with E-state index in [4.69, 9.17) is 16.3 Å². The first-order valence-electron chi connectivity index (χ1n) is 10.7. The number of unbranched alkanes of at least 4 members (excludes halogenated alkanes) is 2. The minimum absolute atomic E-state index is 0.150. The summed E-state index contributed by atoms with van der Waals surface area (Å²) in [7, 11) is 0. The number of thiazole rings is 1. The highest BCUT2D eigenvalue weighted by atomic mass is 35.5. The normalized spacial score (nSPS) is 10.9. The lowest BCUT2D eigenvalue weighted by molar-refractivity contribution is 0.0985. The van der Waals surface area contributed by atoms with Crippen LogP contribution in [0.5, 0.6) is 5.75 Å². The van der Waals surface area contributed by atoms with Crippen molar-refractivity contribution in [3.63, 3.8) is 0 Å². The van der Waals surface area contributed by atoms with E-state index >= 15 is 0 Å². The topological polar surface area (TPSA) is 55.3 Å². The molecule has 0 saturated carbocycles. The number of nitrogens with zero attached hydrogens (tertiary/aromatic N) is 3. The maximum absolute atomic E-state index is 13.5. The molecule has 0 fully saturated rings. The first-order valence-corrected chi connectivity index (χ1v) is 11.8. The predicted molar refractivity (Wildman–Crippen MR) is 131 cm³/mol. The number of amides is 1. The standard InChI is InChI=1S/C25H24ClN3O2S/c1-2-3-6-16-31-20-13-11-18(12-14-20)24(30)29(17-19-8-4-5-15-27-19)25-28-23-21(26)9-7-10-22(23)32-25/h4-5,7-15H,2-3,6,16-17H2,1H3. The molecular formula is C25H24ClN3O2S. The van der Waals surface area contributed by atoms with Crippen LogP contribution in [0.15, 0.2) is 66.9 Å². The molecule has 2 heterocycles. The van der Waals surface area contributed by atoms with E-state index in [9.17, 15) is 4.79 Å². The number of fused-ring (bicyclic) bond motifs is 1.